The highest BCUT2D eigenvalue weighted by Gasteiger charge is 2.12. The van der Waals surface area contributed by atoms with E-state index in [2.05, 4.69) is 9.98 Å². The van der Waals surface area contributed by atoms with Crippen LogP contribution in [0.3, 0.4) is 0 Å². The normalized spacial score (nSPS) is 9.89. The summed E-state index contributed by atoms with van der Waals surface area (Å²) in [6.07, 6.45) is 1.54. The first kappa shape index (κ1) is 12.6. The van der Waals surface area contributed by atoms with E-state index in [1.807, 2.05) is 0 Å². The molecule has 96 valence electrons. The van der Waals surface area contributed by atoms with Gasteiger partial charge in [-0.05, 0) is 24.3 Å². The van der Waals surface area contributed by atoms with Crippen molar-refractivity contribution < 1.29 is 9.90 Å². The molecule has 1 aromatic heterocycles. The van der Waals surface area contributed by atoms with Crippen LogP contribution >= 0.6 is 0 Å². The quantitative estimate of drug-likeness (QED) is 0.566. The molecule has 19 heavy (non-hydrogen) atoms. The monoisotopic (exact) mass is 256 g/mol. The van der Waals surface area contributed by atoms with Crippen LogP contribution in [0.5, 0.6) is 0 Å². The van der Waals surface area contributed by atoms with Gasteiger partial charge in [0, 0.05) is 11.8 Å². The molecule has 0 radical (unpaired) electrons. The first-order valence-corrected chi connectivity index (χ1v) is 5.46. The van der Waals surface area contributed by atoms with E-state index in [1.54, 1.807) is 30.3 Å². The van der Waals surface area contributed by atoms with Gasteiger partial charge in [-0.3, -0.25) is 4.98 Å². The molecule has 2 aromatic rings. The topological polar surface area (TPSA) is 115 Å². The number of rotatable bonds is 3. The van der Waals surface area contributed by atoms with Crippen molar-refractivity contribution in [3.05, 3.63) is 48.2 Å². The van der Waals surface area contributed by atoms with E-state index in [0.29, 0.717) is 16.9 Å². The molecule has 2 rings (SSSR count). The number of guanidine groups is 1. The number of hydrogen-bond donors (Lipinski definition) is 3. The number of benzene rings is 1. The molecule has 0 saturated heterocycles. The zero-order valence-electron chi connectivity index (χ0n) is 9.95. The van der Waals surface area contributed by atoms with E-state index in [9.17, 15) is 4.79 Å². The summed E-state index contributed by atoms with van der Waals surface area (Å²) in [5.41, 5.74) is 12.3. The number of pyridine rings is 1. The smallest absolute Gasteiger partial charge is 0.337 e. The van der Waals surface area contributed by atoms with Gasteiger partial charge in [-0.15, -0.1) is 0 Å². The molecule has 1 heterocycles. The fourth-order valence-corrected chi connectivity index (χ4v) is 1.68. The van der Waals surface area contributed by atoms with Crippen molar-refractivity contribution in [1.82, 2.24) is 4.98 Å². The second-order valence-corrected chi connectivity index (χ2v) is 3.79. The van der Waals surface area contributed by atoms with Crippen LogP contribution in [0.25, 0.3) is 11.3 Å². The number of nitrogens with zero attached hydrogens (tertiary/aromatic N) is 2. The number of aliphatic imine (C=N–C) groups is 1. The highest BCUT2D eigenvalue weighted by Crippen LogP contribution is 2.25. The minimum absolute atomic E-state index is 0.0587. The lowest BCUT2D eigenvalue weighted by atomic mass is 10.1. The predicted octanol–water partition coefficient (Wildman–Crippen LogP) is 1.35. The van der Waals surface area contributed by atoms with Gasteiger partial charge in [0.05, 0.1) is 16.9 Å². The molecular weight excluding hydrogens is 244 g/mol. The van der Waals surface area contributed by atoms with Crippen molar-refractivity contribution in [3.63, 3.8) is 0 Å². The Bertz CT molecular complexity index is 649. The second kappa shape index (κ2) is 5.18. The van der Waals surface area contributed by atoms with Crippen molar-refractivity contribution >= 4 is 17.6 Å². The lowest BCUT2D eigenvalue weighted by Crippen LogP contribution is -2.21. The molecule has 0 unspecified atom stereocenters. The van der Waals surface area contributed by atoms with Crippen molar-refractivity contribution in [2.24, 2.45) is 16.5 Å². The fraction of sp³-hybridized carbons (Fsp3) is 0. The van der Waals surface area contributed by atoms with Gasteiger partial charge in [0.15, 0.2) is 5.96 Å². The molecule has 5 N–H and O–H groups in total. The minimum atomic E-state index is -1.03. The van der Waals surface area contributed by atoms with E-state index >= 15 is 0 Å². The molecule has 0 amide bonds. The number of nitrogens with two attached hydrogens (primary N) is 2. The largest absolute Gasteiger partial charge is 0.478 e. The molecule has 0 atom stereocenters. The van der Waals surface area contributed by atoms with Crippen LogP contribution in [0.1, 0.15) is 10.4 Å². The molecule has 0 aliphatic heterocycles. The van der Waals surface area contributed by atoms with E-state index in [0.717, 1.165) is 0 Å². The van der Waals surface area contributed by atoms with Crippen LogP contribution in [0.4, 0.5) is 5.69 Å². The lowest BCUT2D eigenvalue weighted by molar-refractivity contribution is 0.0697. The number of aromatic carboxylic acids is 1. The molecule has 6 heteroatoms. The summed E-state index contributed by atoms with van der Waals surface area (Å²) >= 11 is 0. The maximum atomic E-state index is 11.2. The number of carbonyl (C=O) groups is 1. The summed E-state index contributed by atoms with van der Waals surface area (Å²) in [6, 6.07) is 9.95. The Hall–Kier alpha value is -2.89. The molecule has 0 fully saturated rings. The van der Waals surface area contributed by atoms with Crippen LogP contribution < -0.4 is 11.5 Å². The first-order chi connectivity index (χ1) is 9.08. The lowest BCUT2D eigenvalue weighted by Gasteiger charge is -2.05. The van der Waals surface area contributed by atoms with Crippen LogP contribution in [0.2, 0.25) is 0 Å². The Morgan fingerprint density at radius 3 is 2.68 bits per heavy atom. The number of aromatic nitrogens is 1. The minimum Gasteiger partial charge on any atom is -0.478 e. The van der Waals surface area contributed by atoms with Crippen molar-refractivity contribution in [1.29, 1.82) is 0 Å². The molecule has 6 nitrogen and oxygen atoms in total. The van der Waals surface area contributed by atoms with Crippen LogP contribution in [0.15, 0.2) is 47.6 Å². The van der Waals surface area contributed by atoms with Gasteiger partial charge in [0.2, 0.25) is 0 Å². The van der Waals surface area contributed by atoms with Gasteiger partial charge < -0.3 is 16.6 Å². The SMILES string of the molecule is NC(N)=Nc1cccc(-c2ncccc2C(=O)O)c1. The molecule has 0 spiro atoms. The van der Waals surface area contributed by atoms with E-state index in [1.165, 1.54) is 12.3 Å². The zero-order valence-corrected chi connectivity index (χ0v) is 9.95. The maximum absolute atomic E-state index is 11.2. The van der Waals surface area contributed by atoms with Gasteiger partial charge in [0.1, 0.15) is 0 Å². The highest BCUT2D eigenvalue weighted by molar-refractivity contribution is 5.95. The third-order valence-corrected chi connectivity index (χ3v) is 2.42. The summed E-state index contributed by atoms with van der Waals surface area (Å²) in [5.74, 6) is -1.09. The van der Waals surface area contributed by atoms with Crippen molar-refractivity contribution in [3.8, 4) is 11.3 Å². The number of hydrogen-bond acceptors (Lipinski definition) is 3. The Labute approximate surface area is 109 Å². The predicted molar refractivity (Wildman–Crippen MR) is 72.1 cm³/mol. The van der Waals surface area contributed by atoms with Crippen molar-refractivity contribution in [2.45, 2.75) is 0 Å². The standard InChI is InChI=1S/C13H12N4O2/c14-13(15)17-9-4-1-3-8(7-9)11-10(12(18)19)5-2-6-16-11/h1-7H,(H,18,19)(H4,14,15,17). The molecule has 0 aliphatic rings. The fourth-order valence-electron chi connectivity index (χ4n) is 1.68. The molecule has 0 aliphatic carbocycles. The third-order valence-electron chi connectivity index (χ3n) is 2.42. The van der Waals surface area contributed by atoms with E-state index in [4.69, 9.17) is 16.6 Å². The van der Waals surface area contributed by atoms with Gasteiger partial charge >= 0.3 is 5.97 Å². The summed E-state index contributed by atoms with van der Waals surface area (Å²) < 4.78 is 0. The van der Waals surface area contributed by atoms with Gasteiger partial charge in [-0.25, -0.2) is 9.79 Å². The Kier molecular flexibility index (Phi) is 3.42. The molecule has 1 aromatic carbocycles. The zero-order chi connectivity index (χ0) is 13.8. The van der Waals surface area contributed by atoms with Gasteiger partial charge in [0.25, 0.3) is 0 Å². The van der Waals surface area contributed by atoms with Crippen LogP contribution in [-0.4, -0.2) is 22.0 Å². The second-order valence-electron chi connectivity index (χ2n) is 3.79. The summed E-state index contributed by atoms with van der Waals surface area (Å²) in [4.78, 5) is 19.2. The average Bonchev–Trinajstić information content (AvgIpc) is 2.38. The number of carboxylic acid groups (broad SMARTS) is 1. The van der Waals surface area contributed by atoms with Crippen molar-refractivity contribution in [2.75, 3.05) is 0 Å². The summed E-state index contributed by atoms with van der Waals surface area (Å²) in [6.45, 7) is 0. The summed E-state index contributed by atoms with van der Waals surface area (Å²) in [7, 11) is 0. The van der Waals surface area contributed by atoms with Gasteiger partial charge in [-0.1, -0.05) is 12.1 Å². The van der Waals surface area contributed by atoms with Crippen LogP contribution in [-0.2, 0) is 0 Å². The Balaban J connectivity index is 2.54. The third kappa shape index (κ3) is 2.86. The average molecular weight is 256 g/mol. The Morgan fingerprint density at radius 1 is 1.21 bits per heavy atom. The highest BCUT2D eigenvalue weighted by atomic mass is 16.4. The number of carboxylic acids is 1. The van der Waals surface area contributed by atoms with Crippen LogP contribution in [0, 0.1) is 0 Å². The Morgan fingerprint density at radius 2 is 2.00 bits per heavy atom. The van der Waals surface area contributed by atoms with E-state index < -0.39 is 5.97 Å². The summed E-state index contributed by atoms with van der Waals surface area (Å²) in [5, 5.41) is 9.13. The molecular formula is C13H12N4O2. The molecule has 0 bridgehead atoms. The molecule has 0 saturated carbocycles. The first-order valence-electron chi connectivity index (χ1n) is 5.46. The van der Waals surface area contributed by atoms with E-state index in [-0.39, 0.29) is 11.5 Å². The maximum Gasteiger partial charge on any atom is 0.337 e. The van der Waals surface area contributed by atoms with Gasteiger partial charge in [-0.2, -0.15) is 0 Å².